The van der Waals surface area contributed by atoms with Gasteiger partial charge in [-0.2, -0.15) is 0 Å². The van der Waals surface area contributed by atoms with E-state index in [1.165, 1.54) is 31.5 Å². The van der Waals surface area contributed by atoms with Gasteiger partial charge >= 0.3 is 0 Å². The minimum Gasteiger partial charge on any atom is -0.352 e. The summed E-state index contributed by atoms with van der Waals surface area (Å²) in [7, 11) is 0. The summed E-state index contributed by atoms with van der Waals surface area (Å²) < 4.78 is 0. The maximum atomic E-state index is 11.9. The molecule has 0 spiro atoms. The average molecular weight is 289 g/mol. The Hall–Kier alpha value is -1.42. The van der Waals surface area contributed by atoms with Crippen LogP contribution in [0.4, 0.5) is 0 Å². The van der Waals surface area contributed by atoms with Crippen molar-refractivity contribution in [2.24, 2.45) is 0 Å². The third-order valence-electron chi connectivity index (χ3n) is 4.44. The molecule has 0 saturated carbocycles. The second kappa shape index (κ2) is 7.55. The zero-order valence-corrected chi connectivity index (χ0v) is 13.5. The Morgan fingerprint density at radius 1 is 1.38 bits per heavy atom. The van der Waals surface area contributed by atoms with Gasteiger partial charge in [-0.15, -0.1) is 0 Å². The molecule has 1 fully saturated rings. The van der Waals surface area contributed by atoms with Crippen molar-refractivity contribution in [2.45, 2.75) is 59.0 Å². The molecule has 4 nitrogen and oxygen atoms in total. The van der Waals surface area contributed by atoms with Crippen molar-refractivity contribution in [1.29, 1.82) is 0 Å². The van der Waals surface area contributed by atoms with Crippen molar-refractivity contribution in [2.75, 3.05) is 13.1 Å². The Balaban J connectivity index is 1.70. The van der Waals surface area contributed by atoms with Gasteiger partial charge in [0, 0.05) is 30.9 Å². The normalized spacial score (nSPS) is 16.9. The molecule has 0 aliphatic carbocycles. The minimum absolute atomic E-state index is 0.138. The van der Waals surface area contributed by atoms with Crippen LogP contribution in [-0.4, -0.2) is 34.9 Å². The molecule has 21 heavy (non-hydrogen) atoms. The van der Waals surface area contributed by atoms with Crippen LogP contribution in [0.25, 0.3) is 0 Å². The topological polar surface area (TPSA) is 45.2 Å². The maximum absolute atomic E-state index is 11.9. The van der Waals surface area contributed by atoms with E-state index >= 15 is 0 Å². The summed E-state index contributed by atoms with van der Waals surface area (Å²) in [5, 5.41) is 2.99. The highest BCUT2D eigenvalue weighted by atomic mass is 16.1. The Kier molecular flexibility index (Phi) is 5.74. The molecule has 2 rings (SSSR count). The third-order valence-corrected chi connectivity index (χ3v) is 4.44. The van der Waals surface area contributed by atoms with Crippen LogP contribution in [0.1, 0.15) is 49.4 Å². The van der Waals surface area contributed by atoms with Gasteiger partial charge in [-0.3, -0.25) is 9.78 Å². The van der Waals surface area contributed by atoms with E-state index in [2.05, 4.69) is 28.2 Å². The first kappa shape index (κ1) is 16.0. The van der Waals surface area contributed by atoms with E-state index in [0.29, 0.717) is 19.0 Å². The number of nitrogens with one attached hydrogen (secondary N) is 1. The smallest absolute Gasteiger partial charge is 0.220 e. The number of likely N-dealkylation sites (tertiary alicyclic amines) is 1. The number of carbonyl (C=O) groups is 1. The first-order valence-corrected chi connectivity index (χ1v) is 7.99. The Morgan fingerprint density at radius 3 is 2.76 bits per heavy atom. The molecule has 0 radical (unpaired) electrons. The van der Waals surface area contributed by atoms with Crippen molar-refractivity contribution in [1.82, 2.24) is 15.2 Å². The van der Waals surface area contributed by atoms with E-state index in [4.69, 9.17) is 0 Å². The molecular formula is C17H27N3O. The van der Waals surface area contributed by atoms with Gasteiger partial charge in [0.25, 0.3) is 0 Å². The van der Waals surface area contributed by atoms with Gasteiger partial charge in [-0.05, 0) is 64.3 Å². The van der Waals surface area contributed by atoms with Gasteiger partial charge in [0.2, 0.25) is 5.91 Å². The molecular weight excluding hydrogens is 262 g/mol. The fraction of sp³-hybridized carbons (Fsp3) is 0.647. The van der Waals surface area contributed by atoms with Crippen LogP contribution in [0.15, 0.2) is 12.3 Å². The summed E-state index contributed by atoms with van der Waals surface area (Å²) in [4.78, 5) is 18.7. The number of rotatable bonds is 6. The lowest BCUT2D eigenvalue weighted by Gasteiger charge is -2.23. The summed E-state index contributed by atoms with van der Waals surface area (Å²) in [6.45, 7) is 9.23. The molecule has 1 saturated heterocycles. The number of aromatic nitrogens is 1. The number of carbonyl (C=O) groups excluding carboxylic acids is 1. The molecule has 1 aromatic rings. The Morgan fingerprint density at radius 2 is 2.10 bits per heavy atom. The van der Waals surface area contributed by atoms with Crippen LogP contribution in [0.3, 0.4) is 0 Å². The zero-order chi connectivity index (χ0) is 15.2. The molecule has 1 aliphatic rings. The lowest BCUT2D eigenvalue weighted by molar-refractivity contribution is -0.121. The number of hydrogen-bond acceptors (Lipinski definition) is 3. The van der Waals surface area contributed by atoms with Crippen molar-refractivity contribution >= 4 is 5.91 Å². The molecule has 1 aliphatic heterocycles. The van der Waals surface area contributed by atoms with Gasteiger partial charge in [0.15, 0.2) is 0 Å². The molecule has 4 heteroatoms. The van der Waals surface area contributed by atoms with Gasteiger partial charge in [0.1, 0.15) is 0 Å². The average Bonchev–Trinajstić information content (AvgIpc) is 3.00. The zero-order valence-electron chi connectivity index (χ0n) is 13.5. The molecule has 116 valence electrons. The van der Waals surface area contributed by atoms with Crippen molar-refractivity contribution < 1.29 is 4.79 Å². The number of nitrogens with zero attached hydrogens (tertiary/aromatic N) is 2. The molecule has 1 N–H and O–H groups in total. The van der Waals surface area contributed by atoms with Gasteiger partial charge in [-0.25, -0.2) is 0 Å². The standard InChI is InChI=1S/C17H27N3O/c1-13-10-16(11-18-15(13)3)12-19-17(21)7-6-14(2)20-8-4-5-9-20/h10-11,14H,4-9,12H2,1-3H3,(H,19,21)/t14-/m1/s1. The maximum Gasteiger partial charge on any atom is 0.220 e. The van der Waals surface area contributed by atoms with E-state index in [-0.39, 0.29) is 5.91 Å². The molecule has 1 atom stereocenters. The number of hydrogen-bond donors (Lipinski definition) is 1. The van der Waals surface area contributed by atoms with Gasteiger partial charge < -0.3 is 10.2 Å². The first-order valence-electron chi connectivity index (χ1n) is 7.99. The minimum atomic E-state index is 0.138. The van der Waals surface area contributed by atoms with E-state index in [0.717, 1.165) is 17.7 Å². The van der Waals surface area contributed by atoms with Crippen LogP contribution in [0.5, 0.6) is 0 Å². The number of pyridine rings is 1. The van der Waals surface area contributed by atoms with Crippen LogP contribution in [0, 0.1) is 13.8 Å². The van der Waals surface area contributed by atoms with E-state index in [1.807, 2.05) is 20.0 Å². The highest BCUT2D eigenvalue weighted by Crippen LogP contribution is 2.14. The van der Waals surface area contributed by atoms with E-state index < -0.39 is 0 Å². The van der Waals surface area contributed by atoms with E-state index in [9.17, 15) is 4.79 Å². The Bertz CT molecular complexity index is 481. The highest BCUT2D eigenvalue weighted by Gasteiger charge is 2.18. The van der Waals surface area contributed by atoms with Crippen molar-refractivity contribution in [3.63, 3.8) is 0 Å². The van der Waals surface area contributed by atoms with E-state index in [1.54, 1.807) is 0 Å². The van der Waals surface area contributed by atoms with Crippen molar-refractivity contribution in [3.05, 3.63) is 29.1 Å². The predicted molar refractivity (Wildman–Crippen MR) is 85.1 cm³/mol. The largest absolute Gasteiger partial charge is 0.352 e. The summed E-state index contributed by atoms with van der Waals surface area (Å²) in [5.74, 6) is 0.138. The quantitative estimate of drug-likeness (QED) is 0.875. The molecule has 2 heterocycles. The fourth-order valence-corrected chi connectivity index (χ4v) is 2.79. The predicted octanol–water partition coefficient (Wildman–Crippen LogP) is 2.58. The third kappa shape index (κ3) is 4.81. The SMILES string of the molecule is Cc1cc(CNC(=O)CC[C@@H](C)N2CCCC2)cnc1C. The molecule has 0 bridgehead atoms. The molecule has 1 aromatic heterocycles. The monoisotopic (exact) mass is 289 g/mol. The molecule has 0 unspecified atom stereocenters. The molecule has 1 amide bonds. The summed E-state index contributed by atoms with van der Waals surface area (Å²) in [6.07, 6.45) is 6.00. The highest BCUT2D eigenvalue weighted by molar-refractivity contribution is 5.75. The lowest BCUT2D eigenvalue weighted by atomic mass is 10.1. The van der Waals surface area contributed by atoms with Crippen LogP contribution in [-0.2, 0) is 11.3 Å². The summed E-state index contributed by atoms with van der Waals surface area (Å²) in [6, 6.07) is 2.61. The van der Waals surface area contributed by atoms with Crippen molar-refractivity contribution in [3.8, 4) is 0 Å². The Labute approximate surface area is 127 Å². The van der Waals surface area contributed by atoms with Crippen LogP contribution in [0.2, 0.25) is 0 Å². The second-order valence-electron chi connectivity index (χ2n) is 6.15. The summed E-state index contributed by atoms with van der Waals surface area (Å²) in [5.41, 5.74) is 3.29. The van der Waals surface area contributed by atoms with Crippen LogP contribution < -0.4 is 5.32 Å². The lowest BCUT2D eigenvalue weighted by Crippen LogP contribution is -2.32. The number of amides is 1. The van der Waals surface area contributed by atoms with Gasteiger partial charge in [0.05, 0.1) is 0 Å². The van der Waals surface area contributed by atoms with Crippen LogP contribution >= 0.6 is 0 Å². The number of aryl methyl sites for hydroxylation is 2. The van der Waals surface area contributed by atoms with Gasteiger partial charge in [-0.1, -0.05) is 6.07 Å². The fourth-order valence-electron chi connectivity index (χ4n) is 2.79. The molecule has 0 aromatic carbocycles. The summed E-state index contributed by atoms with van der Waals surface area (Å²) >= 11 is 0. The second-order valence-corrected chi connectivity index (χ2v) is 6.15. The first-order chi connectivity index (χ1) is 10.1.